The molecule has 2 unspecified atom stereocenters. The molecule has 2 fully saturated rings. The molecule has 1 aromatic carbocycles. The van der Waals surface area contributed by atoms with Crippen molar-refractivity contribution in [3.8, 4) is 5.75 Å². The standard InChI is InChI=1S/C14H16ClNO2/c15-11-7-8(17)5-6-12(11)16-14(18)13-9-3-1-2-4-10(9)13/h5-7,9-10,13,17H,1-4H2,(H,16,18). The molecule has 3 nitrogen and oxygen atoms in total. The molecule has 1 aromatic rings. The highest BCUT2D eigenvalue weighted by Crippen LogP contribution is 2.55. The Balaban J connectivity index is 1.68. The minimum Gasteiger partial charge on any atom is -0.508 e. The average molecular weight is 266 g/mol. The van der Waals surface area contributed by atoms with Gasteiger partial charge in [0.1, 0.15) is 5.75 Å². The summed E-state index contributed by atoms with van der Waals surface area (Å²) < 4.78 is 0. The lowest BCUT2D eigenvalue weighted by Crippen LogP contribution is -2.15. The van der Waals surface area contributed by atoms with Crippen molar-refractivity contribution < 1.29 is 9.90 Å². The lowest BCUT2D eigenvalue weighted by molar-refractivity contribution is -0.117. The highest BCUT2D eigenvalue weighted by Gasteiger charge is 2.54. The Morgan fingerprint density at radius 2 is 1.94 bits per heavy atom. The summed E-state index contributed by atoms with van der Waals surface area (Å²) in [6, 6.07) is 4.61. The summed E-state index contributed by atoms with van der Waals surface area (Å²) in [4.78, 5) is 12.1. The maximum Gasteiger partial charge on any atom is 0.228 e. The van der Waals surface area contributed by atoms with E-state index in [2.05, 4.69) is 5.32 Å². The largest absolute Gasteiger partial charge is 0.508 e. The second-order valence-electron chi connectivity index (χ2n) is 5.29. The van der Waals surface area contributed by atoms with Crippen LogP contribution in [0.15, 0.2) is 18.2 Å². The van der Waals surface area contributed by atoms with E-state index in [4.69, 9.17) is 11.6 Å². The summed E-state index contributed by atoms with van der Waals surface area (Å²) in [6.45, 7) is 0. The van der Waals surface area contributed by atoms with Crippen molar-refractivity contribution in [2.24, 2.45) is 17.8 Å². The van der Waals surface area contributed by atoms with Crippen LogP contribution in [0.5, 0.6) is 5.75 Å². The second-order valence-corrected chi connectivity index (χ2v) is 5.70. The third kappa shape index (κ3) is 2.07. The maximum absolute atomic E-state index is 12.1. The van der Waals surface area contributed by atoms with Crippen LogP contribution in [0, 0.1) is 17.8 Å². The number of nitrogens with one attached hydrogen (secondary N) is 1. The van der Waals surface area contributed by atoms with Gasteiger partial charge in [-0.05, 0) is 36.8 Å². The zero-order chi connectivity index (χ0) is 12.7. The van der Waals surface area contributed by atoms with E-state index in [1.165, 1.54) is 37.8 Å². The molecule has 0 heterocycles. The fraction of sp³-hybridized carbons (Fsp3) is 0.500. The van der Waals surface area contributed by atoms with Gasteiger partial charge in [-0.3, -0.25) is 4.79 Å². The number of halogens is 1. The van der Waals surface area contributed by atoms with Crippen LogP contribution >= 0.6 is 11.6 Å². The molecule has 18 heavy (non-hydrogen) atoms. The Labute approximate surface area is 111 Å². The SMILES string of the molecule is O=C(Nc1ccc(O)cc1Cl)C1C2CCCCC21. The number of fused-ring (bicyclic) bond motifs is 1. The molecule has 2 saturated carbocycles. The average Bonchev–Trinajstić information content (AvgIpc) is 3.07. The molecule has 0 aromatic heterocycles. The third-order valence-corrected chi connectivity index (χ3v) is 4.48. The van der Waals surface area contributed by atoms with E-state index in [0.29, 0.717) is 22.5 Å². The van der Waals surface area contributed by atoms with E-state index < -0.39 is 0 Å². The first-order valence-electron chi connectivity index (χ1n) is 6.46. The molecule has 0 spiro atoms. The van der Waals surface area contributed by atoms with Crippen molar-refractivity contribution in [2.75, 3.05) is 5.32 Å². The monoisotopic (exact) mass is 265 g/mol. The molecule has 2 atom stereocenters. The Hall–Kier alpha value is -1.22. The van der Waals surface area contributed by atoms with Crippen molar-refractivity contribution >= 4 is 23.2 Å². The van der Waals surface area contributed by atoms with E-state index in [1.807, 2.05) is 0 Å². The Bertz CT molecular complexity index is 477. The molecule has 0 bridgehead atoms. The van der Waals surface area contributed by atoms with Gasteiger partial charge in [0.15, 0.2) is 0 Å². The van der Waals surface area contributed by atoms with E-state index in [-0.39, 0.29) is 17.6 Å². The van der Waals surface area contributed by atoms with Gasteiger partial charge in [0, 0.05) is 12.0 Å². The fourth-order valence-corrected chi connectivity index (χ4v) is 3.42. The van der Waals surface area contributed by atoms with Gasteiger partial charge in [0.2, 0.25) is 5.91 Å². The molecule has 4 heteroatoms. The topological polar surface area (TPSA) is 49.3 Å². The zero-order valence-corrected chi connectivity index (χ0v) is 10.8. The van der Waals surface area contributed by atoms with Gasteiger partial charge in [0.25, 0.3) is 0 Å². The summed E-state index contributed by atoms with van der Waals surface area (Å²) in [5.74, 6) is 1.55. The van der Waals surface area contributed by atoms with Crippen LogP contribution in [0.4, 0.5) is 5.69 Å². The van der Waals surface area contributed by atoms with E-state index in [0.717, 1.165) is 0 Å². The molecule has 0 radical (unpaired) electrons. The number of amides is 1. The number of hydrogen-bond donors (Lipinski definition) is 2. The van der Waals surface area contributed by atoms with Crippen LogP contribution in [0.1, 0.15) is 25.7 Å². The first kappa shape index (κ1) is 11.8. The van der Waals surface area contributed by atoms with Crippen molar-refractivity contribution in [2.45, 2.75) is 25.7 Å². The number of carbonyl (C=O) groups is 1. The van der Waals surface area contributed by atoms with Gasteiger partial charge in [-0.1, -0.05) is 24.4 Å². The number of anilines is 1. The van der Waals surface area contributed by atoms with Gasteiger partial charge >= 0.3 is 0 Å². The third-order valence-electron chi connectivity index (χ3n) is 4.17. The maximum atomic E-state index is 12.1. The lowest BCUT2D eigenvalue weighted by atomic mass is 10.0. The Morgan fingerprint density at radius 1 is 1.28 bits per heavy atom. The van der Waals surface area contributed by atoms with Crippen LogP contribution < -0.4 is 5.32 Å². The smallest absolute Gasteiger partial charge is 0.228 e. The van der Waals surface area contributed by atoms with Gasteiger partial charge in [-0.25, -0.2) is 0 Å². The minimum atomic E-state index is 0.0829. The summed E-state index contributed by atoms with van der Waals surface area (Å²) in [7, 11) is 0. The number of benzene rings is 1. The predicted molar refractivity (Wildman–Crippen MR) is 70.7 cm³/mol. The Morgan fingerprint density at radius 3 is 2.56 bits per heavy atom. The van der Waals surface area contributed by atoms with Gasteiger partial charge in [0.05, 0.1) is 10.7 Å². The number of carbonyl (C=O) groups excluding carboxylic acids is 1. The van der Waals surface area contributed by atoms with E-state index in [1.54, 1.807) is 6.07 Å². The normalized spacial score (nSPS) is 29.5. The van der Waals surface area contributed by atoms with Crippen molar-refractivity contribution in [3.63, 3.8) is 0 Å². The summed E-state index contributed by atoms with van der Waals surface area (Å²) in [5, 5.41) is 12.5. The Kier molecular flexibility index (Phi) is 2.94. The van der Waals surface area contributed by atoms with Crippen LogP contribution in [0.25, 0.3) is 0 Å². The molecular weight excluding hydrogens is 250 g/mol. The van der Waals surface area contributed by atoms with Gasteiger partial charge in [-0.2, -0.15) is 0 Å². The van der Waals surface area contributed by atoms with Crippen molar-refractivity contribution in [1.29, 1.82) is 0 Å². The zero-order valence-electron chi connectivity index (χ0n) is 10.0. The number of aromatic hydroxyl groups is 1. The molecular formula is C14H16ClNO2. The second kappa shape index (κ2) is 4.47. The van der Waals surface area contributed by atoms with Crippen LogP contribution in [-0.4, -0.2) is 11.0 Å². The first-order chi connectivity index (χ1) is 8.66. The molecule has 3 rings (SSSR count). The van der Waals surface area contributed by atoms with E-state index >= 15 is 0 Å². The fourth-order valence-electron chi connectivity index (χ4n) is 3.20. The molecule has 0 saturated heterocycles. The summed E-state index contributed by atoms with van der Waals surface area (Å²) in [5.41, 5.74) is 0.586. The number of rotatable bonds is 2. The summed E-state index contributed by atoms with van der Waals surface area (Å²) >= 11 is 5.98. The number of hydrogen-bond acceptors (Lipinski definition) is 2. The molecule has 2 aliphatic rings. The van der Waals surface area contributed by atoms with Crippen molar-refractivity contribution in [3.05, 3.63) is 23.2 Å². The summed E-state index contributed by atoms with van der Waals surface area (Å²) in [6.07, 6.45) is 4.88. The molecule has 1 amide bonds. The quantitative estimate of drug-likeness (QED) is 0.805. The molecule has 2 N–H and O–H groups in total. The number of phenolic OH excluding ortho intramolecular Hbond substituents is 1. The van der Waals surface area contributed by atoms with Gasteiger partial charge in [-0.15, -0.1) is 0 Å². The molecule has 96 valence electrons. The van der Waals surface area contributed by atoms with Crippen LogP contribution in [-0.2, 0) is 4.79 Å². The van der Waals surface area contributed by atoms with Gasteiger partial charge < -0.3 is 10.4 Å². The van der Waals surface area contributed by atoms with Crippen LogP contribution in [0.3, 0.4) is 0 Å². The number of phenols is 1. The molecule has 2 aliphatic carbocycles. The highest BCUT2D eigenvalue weighted by atomic mass is 35.5. The van der Waals surface area contributed by atoms with Crippen LogP contribution in [0.2, 0.25) is 5.02 Å². The van der Waals surface area contributed by atoms with E-state index in [9.17, 15) is 9.90 Å². The molecule has 0 aliphatic heterocycles. The lowest BCUT2D eigenvalue weighted by Gasteiger charge is -2.07. The first-order valence-corrected chi connectivity index (χ1v) is 6.84. The predicted octanol–water partition coefficient (Wildman–Crippen LogP) is 3.42. The highest BCUT2D eigenvalue weighted by molar-refractivity contribution is 6.33. The van der Waals surface area contributed by atoms with Crippen molar-refractivity contribution in [1.82, 2.24) is 0 Å². The minimum absolute atomic E-state index is 0.0829.